The molecule has 0 radical (unpaired) electrons. The zero-order valence-electron chi connectivity index (χ0n) is 22.6. The van der Waals surface area contributed by atoms with Crippen LogP contribution in [-0.2, 0) is 0 Å². The minimum absolute atomic E-state index is 0.0767. The third-order valence-electron chi connectivity index (χ3n) is 7.94. The topological polar surface area (TPSA) is 51.5 Å². The molecule has 1 saturated heterocycles. The highest BCUT2D eigenvalue weighted by Crippen LogP contribution is 2.44. The maximum absolute atomic E-state index is 6.24. The number of methoxy groups -OCH3 is 1. The lowest BCUT2D eigenvalue weighted by molar-refractivity contribution is 0.210. The first-order chi connectivity index (χ1) is 19.0. The minimum atomic E-state index is -0.0991. The highest BCUT2D eigenvalue weighted by Gasteiger charge is 2.42. The molecule has 2 fully saturated rings. The summed E-state index contributed by atoms with van der Waals surface area (Å²) in [5.41, 5.74) is 6.62. The van der Waals surface area contributed by atoms with Crippen molar-refractivity contribution in [2.24, 2.45) is 0 Å². The molecule has 0 spiro atoms. The second-order valence-corrected chi connectivity index (χ2v) is 10.8. The van der Waals surface area contributed by atoms with E-state index in [0.717, 1.165) is 47.1 Å². The number of nitrogens with zero attached hydrogens (tertiary/aromatic N) is 3. The van der Waals surface area contributed by atoms with Crippen molar-refractivity contribution in [3.05, 3.63) is 102 Å². The van der Waals surface area contributed by atoms with Crippen molar-refractivity contribution >= 4 is 23.0 Å². The molecule has 1 aliphatic carbocycles. The first kappa shape index (κ1) is 25.4. The molecule has 2 atom stereocenters. The number of thiocarbonyl (C=S) groups is 1. The predicted molar refractivity (Wildman–Crippen MR) is 159 cm³/mol. The van der Waals surface area contributed by atoms with Crippen molar-refractivity contribution in [1.82, 2.24) is 14.9 Å². The van der Waals surface area contributed by atoms with E-state index < -0.39 is 0 Å². The van der Waals surface area contributed by atoms with Gasteiger partial charge in [0.05, 0.1) is 31.0 Å². The first-order valence-electron chi connectivity index (χ1n) is 13.6. The lowest BCUT2D eigenvalue weighted by Crippen LogP contribution is -2.29. The molecule has 0 amide bonds. The SMILES string of the molecule is COc1ccc(-n2c(C)cc([C@H]3[C@H](c4ccccn4)NC(=S)N3c3ccc(OC4CCCC4)cc3)c2C)cc1. The number of pyridine rings is 1. The van der Waals surface area contributed by atoms with Crippen molar-refractivity contribution in [1.29, 1.82) is 0 Å². The summed E-state index contributed by atoms with van der Waals surface area (Å²) in [4.78, 5) is 6.95. The van der Waals surface area contributed by atoms with Crippen LogP contribution in [0.25, 0.3) is 5.69 Å². The van der Waals surface area contributed by atoms with Crippen LogP contribution in [0.4, 0.5) is 5.69 Å². The van der Waals surface area contributed by atoms with Gasteiger partial charge >= 0.3 is 0 Å². The highest BCUT2D eigenvalue weighted by atomic mass is 32.1. The predicted octanol–water partition coefficient (Wildman–Crippen LogP) is 7.00. The van der Waals surface area contributed by atoms with E-state index in [0.29, 0.717) is 11.2 Å². The van der Waals surface area contributed by atoms with Crippen molar-refractivity contribution < 1.29 is 9.47 Å². The maximum atomic E-state index is 6.24. The number of hydrogen-bond donors (Lipinski definition) is 1. The van der Waals surface area contributed by atoms with Gasteiger partial charge in [0, 0.05) is 29.0 Å². The lowest BCUT2D eigenvalue weighted by atomic mass is 9.96. The summed E-state index contributed by atoms with van der Waals surface area (Å²) in [7, 11) is 1.69. The molecule has 1 N–H and O–H groups in total. The molecule has 200 valence electrons. The van der Waals surface area contributed by atoms with Gasteiger partial charge in [0.15, 0.2) is 5.11 Å². The zero-order chi connectivity index (χ0) is 26.9. The third kappa shape index (κ3) is 4.87. The number of ether oxygens (including phenoxy) is 2. The normalized spacial score (nSPS) is 19.4. The molecular weight excluding hydrogens is 504 g/mol. The van der Waals surface area contributed by atoms with E-state index in [2.05, 4.69) is 77.2 Å². The third-order valence-corrected chi connectivity index (χ3v) is 8.25. The van der Waals surface area contributed by atoms with Crippen LogP contribution in [0, 0.1) is 13.8 Å². The van der Waals surface area contributed by atoms with Gasteiger partial charge < -0.3 is 24.3 Å². The van der Waals surface area contributed by atoms with Crippen molar-refractivity contribution in [3.8, 4) is 17.2 Å². The summed E-state index contributed by atoms with van der Waals surface area (Å²) in [6.45, 7) is 4.33. The molecule has 7 heteroatoms. The monoisotopic (exact) mass is 538 g/mol. The lowest BCUT2D eigenvalue weighted by Gasteiger charge is -2.28. The van der Waals surface area contributed by atoms with E-state index in [1.54, 1.807) is 7.11 Å². The fourth-order valence-electron chi connectivity index (χ4n) is 6.05. The molecule has 1 aliphatic heterocycles. The number of aryl methyl sites for hydroxylation is 1. The van der Waals surface area contributed by atoms with Crippen LogP contribution in [0.5, 0.6) is 11.5 Å². The Bertz CT molecular complexity index is 1440. The van der Waals surface area contributed by atoms with Gasteiger partial charge in [0.2, 0.25) is 0 Å². The Morgan fingerprint density at radius 2 is 1.59 bits per heavy atom. The molecule has 3 heterocycles. The molecule has 4 aromatic rings. The second-order valence-electron chi connectivity index (χ2n) is 10.4. The van der Waals surface area contributed by atoms with Gasteiger partial charge in [-0.3, -0.25) is 4.98 Å². The molecule has 6 rings (SSSR count). The van der Waals surface area contributed by atoms with E-state index in [9.17, 15) is 0 Å². The van der Waals surface area contributed by atoms with Crippen molar-refractivity contribution in [2.75, 3.05) is 12.0 Å². The quantitative estimate of drug-likeness (QED) is 0.256. The van der Waals surface area contributed by atoms with Crippen LogP contribution < -0.4 is 19.7 Å². The Hall–Kier alpha value is -3.84. The molecule has 6 nitrogen and oxygen atoms in total. The van der Waals surface area contributed by atoms with E-state index >= 15 is 0 Å². The second kappa shape index (κ2) is 10.7. The summed E-state index contributed by atoms with van der Waals surface area (Å²) in [6, 6.07) is 24.7. The van der Waals surface area contributed by atoms with Crippen LogP contribution in [-0.4, -0.2) is 27.9 Å². The molecule has 2 aromatic heterocycles. The van der Waals surface area contributed by atoms with Crippen LogP contribution in [0.1, 0.15) is 60.4 Å². The van der Waals surface area contributed by atoms with Crippen LogP contribution in [0.15, 0.2) is 79.0 Å². The number of benzene rings is 2. The fourth-order valence-corrected chi connectivity index (χ4v) is 6.39. The first-order valence-corrected chi connectivity index (χ1v) is 14.0. The molecule has 0 unspecified atom stereocenters. The van der Waals surface area contributed by atoms with E-state index in [-0.39, 0.29) is 12.1 Å². The van der Waals surface area contributed by atoms with Gasteiger partial charge in [-0.2, -0.15) is 0 Å². The Balaban J connectivity index is 1.40. The molecule has 0 bridgehead atoms. The Morgan fingerprint density at radius 3 is 2.26 bits per heavy atom. The molecule has 1 saturated carbocycles. The van der Waals surface area contributed by atoms with E-state index in [1.165, 1.54) is 24.1 Å². The summed E-state index contributed by atoms with van der Waals surface area (Å²) in [6.07, 6.45) is 6.95. The standard InChI is InChI=1S/C32H34N4O2S/c1-21-20-28(22(2)35(21)23-11-15-25(37-3)16-12-23)31-30(29-10-6-7-19-33-29)34-32(39)36(31)24-13-17-27(18-14-24)38-26-8-4-5-9-26/h6-7,10-20,26,30-31H,4-5,8-9H2,1-3H3,(H,34,39)/t30-,31-/m0/s1. The van der Waals surface area contributed by atoms with Gasteiger partial charge in [0.25, 0.3) is 0 Å². The summed E-state index contributed by atoms with van der Waals surface area (Å²) in [5, 5.41) is 4.28. The number of nitrogens with one attached hydrogen (secondary N) is 1. The van der Waals surface area contributed by atoms with Gasteiger partial charge in [-0.1, -0.05) is 6.07 Å². The molecular formula is C32H34N4O2S. The van der Waals surface area contributed by atoms with Crippen LogP contribution in [0.3, 0.4) is 0 Å². The van der Waals surface area contributed by atoms with Gasteiger partial charge in [-0.15, -0.1) is 0 Å². The Morgan fingerprint density at radius 1 is 0.897 bits per heavy atom. The molecule has 39 heavy (non-hydrogen) atoms. The molecule has 2 aliphatic rings. The van der Waals surface area contributed by atoms with Gasteiger partial charge in [0.1, 0.15) is 11.5 Å². The van der Waals surface area contributed by atoms with E-state index in [4.69, 9.17) is 26.7 Å². The summed E-state index contributed by atoms with van der Waals surface area (Å²) >= 11 is 5.96. The Kier molecular flexibility index (Phi) is 7.00. The van der Waals surface area contributed by atoms with Gasteiger partial charge in [-0.25, -0.2) is 0 Å². The number of aromatic nitrogens is 2. The van der Waals surface area contributed by atoms with Gasteiger partial charge in [-0.05, 0) is 124 Å². The van der Waals surface area contributed by atoms with Crippen molar-refractivity contribution in [3.63, 3.8) is 0 Å². The van der Waals surface area contributed by atoms with Crippen LogP contribution >= 0.6 is 12.2 Å². The largest absolute Gasteiger partial charge is 0.497 e. The van der Waals surface area contributed by atoms with Crippen molar-refractivity contribution in [2.45, 2.75) is 57.7 Å². The highest BCUT2D eigenvalue weighted by molar-refractivity contribution is 7.80. The maximum Gasteiger partial charge on any atom is 0.174 e. The Labute approximate surface area is 235 Å². The van der Waals surface area contributed by atoms with Crippen LogP contribution in [0.2, 0.25) is 0 Å². The average Bonchev–Trinajstić information content (AvgIpc) is 3.67. The van der Waals surface area contributed by atoms with E-state index in [1.807, 2.05) is 30.5 Å². The number of rotatable bonds is 7. The summed E-state index contributed by atoms with van der Waals surface area (Å²) in [5.74, 6) is 1.76. The fraction of sp³-hybridized carbons (Fsp3) is 0.312. The number of anilines is 1. The minimum Gasteiger partial charge on any atom is -0.497 e. The average molecular weight is 539 g/mol. The molecule has 2 aromatic carbocycles. The zero-order valence-corrected chi connectivity index (χ0v) is 23.4. The smallest absolute Gasteiger partial charge is 0.174 e. The number of hydrogen-bond acceptors (Lipinski definition) is 4. The summed E-state index contributed by atoms with van der Waals surface area (Å²) < 4.78 is 13.9.